The normalized spacial score (nSPS) is 10.6. The van der Waals surface area contributed by atoms with E-state index in [1.54, 1.807) is 7.11 Å². The van der Waals surface area contributed by atoms with Crippen LogP contribution in [0.2, 0.25) is 0 Å². The first kappa shape index (κ1) is 25.4. The van der Waals surface area contributed by atoms with E-state index in [-0.39, 0.29) is 5.91 Å². The number of carbonyl (C=O) groups excluding carboxylic acids is 1. The van der Waals surface area contributed by atoms with E-state index in [1.807, 2.05) is 71.6 Å². The van der Waals surface area contributed by atoms with Gasteiger partial charge in [0.2, 0.25) is 5.91 Å². The minimum atomic E-state index is 0.198. The van der Waals surface area contributed by atoms with Crippen LogP contribution in [-0.4, -0.2) is 17.9 Å². The third kappa shape index (κ3) is 8.26. The third-order valence-electron chi connectivity index (χ3n) is 5.90. The van der Waals surface area contributed by atoms with Crippen molar-refractivity contribution in [1.29, 1.82) is 0 Å². The van der Waals surface area contributed by atoms with Gasteiger partial charge in [-0.05, 0) is 35.2 Å². The summed E-state index contributed by atoms with van der Waals surface area (Å²) in [7, 11) is 1.65. The van der Waals surface area contributed by atoms with Gasteiger partial charge in [-0.3, -0.25) is 4.79 Å². The fourth-order valence-electron chi connectivity index (χ4n) is 3.96. The van der Waals surface area contributed by atoms with Crippen molar-refractivity contribution in [1.82, 2.24) is 4.90 Å². The molecule has 0 bridgehead atoms. The Morgan fingerprint density at radius 2 is 1.38 bits per heavy atom. The zero-order valence-corrected chi connectivity index (χ0v) is 20.5. The molecule has 3 rings (SSSR count). The lowest BCUT2D eigenvalue weighted by Gasteiger charge is -2.24. The number of unbranched alkanes of at least 4 members (excludes halogenated alkanes) is 4. The summed E-state index contributed by atoms with van der Waals surface area (Å²) in [6.45, 7) is 3.83. The smallest absolute Gasteiger partial charge is 0.223 e. The molecule has 0 aliphatic carbocycles. The van der Waals surface area contributed by atoms with Gasteiger partial charge in [0, 0.05) is 19.5 Å². The molecule has 0 fully saturated rings. The van der Waals surface area contributed by atoms with E-state index in [0.717, 1.165) is 29.5 Å². The molecular weight excluding hydrogens is 422 g/mol. The fourth-order valence-corrected chi connectivity index (χ4v) is 3.96. The SMILES string of the molecule is CCCCCCCC(=O)N(Cc1ccccc1)Cc1ccc(OCc2ccccc2)c(OC)c1. The largest absolute Gasteiger partial charge is 0.493 e. The van der Waals surface area contributed by atoms with E-state index in [0.29, 0.717) is 37.6 Å². The standard InChI is InChI=1S/C30H37NO3/c1-3-4-5-6-13-18-30(32)31(22-25-14-9-7-10-15-25)23-27-19-20-28(29(21-27)33-2)34-24-26-16-11-8-12-17-26/h7-12,14-17,19-21H,3-6,13,18,22-24H2,1-2H3. The topological polar surface area (TPSA) is 38.8 Å². The Morgan fingerprint density at radius 3 is 2.06 bits per heavy atom. The number of nitrogens with zero attached hydrogens (tertiary/aromatic N) is 1. The highest BCUT2D eigenvalue weighted by atomic mass is 16.5. The van der Waals surface area contributed by atoms with Crippen LogP contribution in [0.5, 0.6) is 11.5 Å². The molecule has 3 aromatic rings. The Balaban J connectivity index is 1.67. The van der Waals surface area contributed by atoms with Crippen molar-refractivity contribution in [3.8, 4) is 11.5 Å². The first-order valence-electron chi connectivity index (χ1n) is 12.3. The molecule has 0 aliphatic heterocycles. The van der Waals surface area contributed by atoms with Gasteiger partial charge < -0.3 is 14.4 Å². The monoisotopic (exact) mass is 459 g/mol. The van der Waals surface area contributed by atoms with Gasteiger partial charge in [-0.1, -0.05) is 99.3 Å². The Hall–Kier alpha value is -3.27. The van der Waals surface area contributed by atoms with Gasteiger partial charge in [-0.2, -0.15) is 0 Å². The van der Waals surface area contributed by atoms with Gasteiger partial charge in [0.05, 0.1) is 7.11 Å². The second kappa shape index (κ2) is 14.1. The quantitative estimate of drug-likeness (QED) is 0.240. The second-order valence-corrected chi connectivity index (χ2v) is 8.66. The van der Waals surface area contributed by atoms with Crippen molar-refractivity contribution in [2.75, 3.05) is 7.11 Å². The number of hydrogen-bond acceptors (Lipinski definition) is 3. The molecule has 0 heterocycles. The summed E-state index contributed by atoms with van der Waals surface area (Å²) in [6.07, 6.45) is 6.29. The van der Waals surface area contributed by atoms with Gasteiger partial charge in [0.25, 0.3) is 0 Å². The van der Waals surface area contributed by atoms with E-state index < -0.39 is 0 Å². The van der Waals surface area contributed by atoms with Crippen LogP contribution in [0.1, 0.15) is 62.1 Å². The van der Waals surface area contributed by atoms with E-state index in [2.05, 4.69) is 19.1 Å². The number of hydrogen-bond donors (Lipinski definition) is 0. The van der Waals surface area contributed by atoms with Gasteiger partial charge in [-0.15, -0.1) is 0 Å². The molecule has 0 unspecified atom stereocenters. The van der Waals surface area contributed by atoms with Gasteiger partial charge in [-0.25, -0.2) is 0 Å². The first-order valence-corrected chi connectivity index (χ1v) is 12.3. The molecule has 180 valence electrons. The Morgan fingerprint density at radius 1 is 0.735 bits per heavy atom. The molecule has 0 radical (unpaired) electrons. The van der Waals surface area contributed by atoms with E-state index in [1.165, 1.54) is 19.3 Å². The summed E-state index contributed by atoms with van der Waals surface area (Å²) in [5, 5.41) is 0. The molecule has 0 atom stereocenters. The lowest BCUT2D eigenvalue weighted by atomic mass is 10.1. The average molecular weight is 460 g/mol. The average Bonchev–Trinajstić information content (AvgIpc) is 2.88. The van der Waals surface area contributed by atoms with E-state index in [9.17, 15) is 4.79 Å². The summed E-state index contributed by atoms with van der Waals surface area (Å²) < 4.78 is 11.6. The van der Waals surface area contributed by atoms with Crippen LogP contribution in [0.25, 0.3) is 0 Å². The number of ether oxygens (including phenoxy) is 2. The summed E-state index contributed by atoms with van der Waals surface area (Å²) in [5.74, 6) is 1.58. The predicted octanol–water partition coefficient (Wildman–Crippen LogP) is 7.16. The lowest BCUT2D eigenvalue weighted by Crippen LogP contribution is -2.30. The number of methoxy groups -OCH3 is 1. The minimum Gasteiger partial charge on any atom is -0.493 e. The number of benzene rings is 3. The highest BCUT2D eigenvalue weighted by molar-refractivity contribution is 5.76. The maximum absolute atomic E-state index is 13.1. The summed E-state index contributed by atoms with van der Waals surface area (Å²) in [6, 6.07) is 26.2. The zero-order chi connectivity index (χ0) is 24.0. The Bertz CT molecular complexity index is 988. The highest BCUT2D eigenvalue weighted by Crippen LogP contribution is 2.29. The van der Waals surface area contributed by atoms with Crippen LogP contribution in [0, 0.1) is 0 Å². The molecule has 0 aliphatic rings. The van der Waals surface area contributed by atoms with Crippen molar-refractivity contribution in [3.05, 3.63) is 95.6 Å². The maximum atomic E-state index is 13.1. The van der Waals surface area contributed by atoms with Crippen molar-refractivity contribution >= 4 is 5.91 Å². The zero-order valence-electron chi connectivity index (χ0n) is 20.5. The molecule has 0 saturated carbocycles. The number of amides is 1. The molecular formula is C30H37NO3. The first-order chi connectivity index (χ1) is 16.7. The lowest BCUT2D eigenvalue weighted by molar-refractivity contribution is -0.132. The molecule has 0 spiro atoms. The van der Waals surface area contributed by atoms with Crippen molar-refractivity contribution in [2.45, 2.75) is 65.1 Å². The van der Waals surface area contributed by atoms with Gasteiger partial charge in [0.1, 0.15) is 6.61 Å². The summed E-state index contributed by atoms with van der Waals surface area (Å²) >= 11 is 0. The fraction of sp³-hybridized carbons (Fsp3) is 0.367. The van der Waals surface area contributed by atoms with Crippen LogP contribution in [0.3, 0.4) is 0 Å². The summed E-state index contributed by atoms with van der Waals surface area (Å²) in [5.41, 5.74) is 3.27. The molecule has 3 aromatic carbocycles. The minimum absolute atomic E-state index is 0.198. The molecule has 0 aromatic heterocycles. The van der Waals surface area contributed by atoms with Crippen molar-refractivity contribution < 1.29 is 14.3 Å². The Labute approximate surface area is 204 Å². The van der Waals surface area contributed by atoms with Crippen LogP contribution in [0.15, 0.2) is 78.9 Å². The van der Waals surface area contributed by atoms with Crippen LogP contribution in [0.4, 0.5) is 0 Å². The summed E-state index contributed by atoms with van der Waals surface area (Å²) in [4.78, 5) is 15.1. The molecule has 34 heavy (non-hydrogen) atoms. The predicted molar refractivity (Wildman–Crippen MR) is 138 cm³/mol. The van der Waals surface area contributed by atoms with Crippen molar-refractivity contribution in [3.63, 3.8) is 0 Å². The molecule has 1 amide bonds. The molecule has 0 N–H and O–H groups in total. The van der Waals surface area contributed by atoms with Crippen LogP contribution in [-0.2, 0) is 24.5 Å². The van der Waals surface area contributed by atoms with E-state index in [4.69, 9.17) is 9.47 Å². The maximum Gasteiger partial charge on any atom is 0.223 e. The number of carbonyl (C=O) groups is 1. The van der Waals surface area contributed by atoms with Crippen LogP contribution < -0.4 is 9.47 Å². The third-order valence-corrected chi connectivity index (χ3v) is 5.90. The number of rotatable bonds is 14. The van der Waals surface area contributed by atoms with Gasteiger partial charge >= 0.3 is 0 Å². The van der Waals surface area contributed by atoms with Crippen molar-refractivity contribution in [2.24, 2.45) is 0 Å². The molecule has 4 nitrogen and oxygen atoms in total. The highest BCUT2D eigenvalue weighted by Gasteiger charge is 2.16. The Kier molecular flexibility index (Phi) is 10.5. The molecule has 4 heteroatoms. The molecule has 0 saturated heterocycles. The van der Waals surface area contributed by atoms with E-state index >= 15 is 0 Å². The van der Waals surface area contributed by atoms with Gasteiger partial charge in [0.15, 0.2) is 11.5 Å². The second-order valence-electron chi connectivity index (χ2n) is 8.66. The van der Waals surface area contributed by atoms with Crippen LogP contribution >= 0.6 is 0 Å².